The van der Waals surface area contributed by atoms with Crippen LogP contribution in [0, 0.1) is 12.7 Å². The molecule has 0 aromatic heterocycles. The van der Waals surface area contributed by atoms with Crippen LogP contribution in [0.3, 0.4) is 0 Å². The molecular weight excluding hydrogens is 393 g/mol. The summed E-state index contributed by atoms with van der Waals surface area (Å²) in [6.45, 7) is 1.88. The molecule has 1 aliphatic carbocycles. The number of hydrogen-bond donors (Lipinski definition) is 1. The maximum atomic E-state index is 13.9. The minimum absolute atomic E-state index is 0.0556. The monoisotopic (exact) mass is 415 g/mol. The summed E-state index contributed by atoms with van der Waals surface area (Å²) in [5.41, 5.74) is 2.12. The number of halogens is 2. The van der Waals surface area contributed by atoms with Gasteiger partial charge in [0, 0.05) is 7.11 Å². The van der Waals surface area contributed by atoms with Crippen molar-refractivity contribution in [2.24, 2.45) is 0 Å². The van der Waals surface area contributed by atoms with Gasteiger partial charge >= 0.3 is 0 Å². The van der Waals surface area contributed by atoms with Crippen molar-refractivity contribution in [3.05, 3.63) is 58.4 Å². The number of amides is 1. The Labute approximate surface area is 174 Å². The van der Waals surface area contributed by atoms with Gasteiger partial charge in [0.2, 0.25) is 5.91 Å². The maximum absolute atomic E-state index is 13.9. The molecule has 0 bridgehead atoms. The molecule has 29 heavy (non-hydrogen) atoms. The second kappa shape index (κ2) is 7.54. The van der Waals surface area contributed by atoms with E-state index in [1.165, 1.54) is 12.1 Å². The Morgan fingerprint density at radius 3 is 2.41 bits per heavy atom. The zero-order valence-corrected chi connectivity index (χ0v) is 17.2. The van der Waals surface area contributed by atoms with Gasteiger partial charge in [-0.15, -0.1) is 0 Å². The third kappa shape index (κ3) is 3.47. The van der Waals surface area contributed by atoms with Crippen molar-refractivity contribution >= 4 is 23.3 Å². The van der Waals surface area contributed by atoms with Crippen LogP contribution >= 0.6 is 11.6 Å². The summed E-state index contributed by atoms with van der Waals surface area (Å²) < 4.78 is 19.3. The van der Waals surface area contributed by atoms with Crippen molar-refractivity contribution in [1.82, 2.24) is 5.32 Å². The second-order valence-electron chi connectivity index (χ2n) is 8.00. The van der Waals surface area contributed by atoms with Gasteiger partial charge in [-0.2, -0.15) is 0 Å². The standard InChI is InChI=1S/C23H23ClFNO3/c1-13-3-4-14(15-5-6-18(24)19(25)12-15)11-17(13)20-21(27)23(26-22(20)28)9-7-16(29-2)8-10-23/h3-6,11-12,16,20H,7-10H2,1-2H3,(H,26,28). The molecule has 1 saturated heterocycles. The van der Waals surface area contributed by atoms with Crippen molar-refractivity contribution in [3.63, 3.8) is 0 Å². The van der Waals surface area contributed by atoms with E-state index in [9.17, 15) is 14.0 Å². The molecule has 1 saturated carbocycles. The number of Topliss-reactive ketones (excluding diaryl/α,β-unsaturated/α-hetero) is 1. The summed E-state index contributed by atoms with van der Waals surface area (Å²) in [5, 5.41) is 3.05. The molecule has 0 radical (unpaired) electrons. The first-order valence-corrected chi connectivity index (χ1v) is 10.2. The molecule has 4 nitrogen and oxygen atoms in total. The van der Waals surface area contributed by atoms with E-state index in [1.807, 2.05) is 25.1 Å². The number of hydrogen-bond acceptors (Lipinski definition) is 3. The lowest BCUT2D eigenvalue weighted by Gasteiger charge is -2.35. The highest BCUT2D eigenvalue weighted by atomic mass is 35.5. The largest absolute Gasteiger partial charge is 0.381 e. The predicted molar refractivity (Wildman–Crippen MR) is 109 cm³/mol. The summed E-state index contributed by atoms with van der Waals surface area (Å²) >= 11 is 5.79. The van der Waals surface area contributed by atoms with Crippen LogP contribution in [-0.2, 0) is 14.3 Å². The summed E-state index contributed by atoms with van der Waals surface area (Å²) in [6, 6.07) is 10.1. The molecule has 1 aliphatic heterocycles. The van der Waals surface area contributed by atoms with Gasteiger partial charge in [-0.05, 0) is 73.1 Å². The van der Waals surface area contributed by atoms with Crippen LogP contribution in [0.4, 0.5) is 4.39 Å². The minimum Gasteiger partial charge on any atom is -0.381 e. The fourth-order valence-corrected chi connectivity index (χ4v) is 4.66. The van der Waals surface area contributed by atoms with Crippen LogP contribution in [-0.4, -0.2) is 30.4 Å². The molecule has 1 N–H and O–H groups in total. The lowest BCUT2D eigenvalue weighted by molar-refractivity contribution is -0.126. The molecular formula is C23H23ClFNO3. The number of carbonyl (C=O) groups excluding carboxylic acids is 2. The third-order valence-corrected chi connectivity index (χ3v) is 6.63. The van der Waals surface area contributed by atoms with Gasteiger partial charge in [0.25, 0.3) is 0 Å². The highest BCUT2D eigenvalue weighted by molar-refractivity contribution is 6.30. The van der Waals surface area contributed by atoms with Crippen LogP contribution in [0.15, 0.2) is 36.4 Å². The number of aryl methyl sites for hydroxylation is 1. The summed E-state index contributed by atoms with van der Waals surface area (Å²) in [6.07, 6.45) is 2.81. The number of ether oxygens (including phenoxy) is 1. The lowest BCUT2D eigenvalue weighted by Crippen LogP contribution is -2.50. The Morgan fingerprint density at radius 1 is 1.10 bits per heavy atom. The average Bonchev–Trinajstić information content (AvgIpc) is 2.95. The quantitative estimate of drug-likeness (QED) is 0.747. The fourth-order valence-electron chi connectivity index (χ4n) is 4.55. The Bertz CT molecular complexity index is 982. The predicted octanol–water partition coefficient (Wildman–Crippen LogP) is 4.56. The van der Waals surface area contributed by atoms with Crippen molar-refractivity contribution in [1.29, 1.82) is 0 Å². The smallest absolute Gasteiger partial charge is 0.235 e. The molecule has 1 amide bonds. The molecule has 2 aromatic carbocycles. The van der Waals surface area contributed by atoms with E-state index in [0.717, 1.165) is 24.0 Å². The van der Waals surface area contributed by atoms with Crippen LogP contribution in [0.25, 0.3) is 11.1 Å². The van der Waals surface area contributed by atoms with Gasteiger partial charge in [-0.25, -0.2) is 4.39 Å². The van der Waals surface area contributed by atoms with E-state index in [2.05, 4.69) is 5.32 Å². The van der Waals surface area contributed by atoms with E-state index >= 15 is 0 Å². The molecule has 1 unspecified atom stereocenters. The number of ketones is 1. The van der Waals surface area contributed by atoms with E-state index in [0.29, 0.717) is 24.0 Å². The summed E-state index contributed by atoms with van der Waals surface area (Å²) in [5.74, 6) is -1.67. The minimum atomic E-state index is -0.841. The van der Waals surface area contributed by atoms with Gasteiger partial charge in [-0.3, -0.25) is 9.59 Å². The summed E-state index contributed by atoms with van der Waals surface area (Å²) in [7, 11) is 1.68. The van der Waals surface area contributed by atoms with Crippen LogP contribution in [0.5, 0.6) is 0 Å². The number of benzene rings is 2. The van der Waals surface area contributed by atoms with Gasteiger partial charge in [0.15, 0.2) is 5.78 Å². The van der Waals surface area contributed by atoms with E-state index in [1.54, 1.807) is 13.2 Å². The number of rotatable bonds is 3. The second-order valence-corrected chi connectivity index (χ2v) is 8.41. The normalized spacial score (nSPS) is 26.8. The highest BCUT2D eigenvalue weighted by Crippen LogP contribution is 2.41. The number of nitrogens with one attached hydrogen (secondary N) is 1. The average molecular weight is 416 g/mol. The molecule has 152 valence electrons. The molecule has 2 aromatic rings. The molecule has 1 atom stereocenters. The number of carbonyl (C=O) groups is 2. The molecule has 2 fully saturated rings. The zero-order chi connectivity index (χ0) is 20.8. The van der Waals surface area contributed by atoms with Crippen molar-refractivity contribution in [2.45, 2.75) is 50.2 Å². The molecule has 2 aliphatic rings. The van der Waals surface area contributed by atoms with Crippen molar-refractivity contribution in [2.75, 3.05) is 7.11 Å². The van der Waals surface area contributed by atoms with Crippen LogP contribution in [0.2, 0.25) is 5.02 Å². The van der Waals surface area contributed by atoms with Crippen molar-refractivity contribution < 1.29 is 18.7 Å². The Morgan fingerprint density at radius 2 is 1.76 bits per heavy atom. The Hall–Kier alpha value is -2.24. The first-order valence-electron chi connectivity index (χ1n) is 9.80. The third-order valence-electron chi connectivity index (χ3n) is 6.32. The topological polar surface area (TPSA) is 55.4 Å². The van der Waals surface area contributed by atoms with E-state index < -0.39 is 17.3 Å². The zero-order valence-electron chi connectivity index (χ0n) is 16.4. The fraction of sp³-hybridized carbons (Fsp3) is 0.391. The first kappa shape index (κ1) is 20.0. The SMILES string of the molecule is COC1CCC2(CC1)NC(=O)C(c1cc(-c3ccc(Cl)c(F)c3)ccc1C)C2=O. The Balaban J connectivity index is 1.68. The highest BCUT2D eigenvalue weighted by Gasteiger charge is 2.54. The summed E-state index contributed by atoms with van der Waals surface area (Å²) in [4.78, 5) is 26.3. The van der Waals surface area contributed by atoms with Gasteiger partial charge in [-0.1, -0.05) is 29.8 Å². The molecule has 4 rings (SSSR count). The Kier molecular flexibility index (Phi) is 5.21. The van der Waals surface area contributed by atoms with Gasteiger partial charge in [0.05, 0.1) is 16.7 Å². The molecule has 6 heteroatoms. The molecule has 1 spiro atoms. The van der Waals surface area contributed by atoms with Gasteiger partial charge < -0.3 is 10.1 Å². The number of methoxy groups -OCH3 is 1. The lowest BCUT2D eigenvalue weighted by atomic mass is 9.75. The van der Waals surface area contributed by atoms with Crippen molar-refractivity contribution in [3.8, 4) is 11.1 Å². The first-order chi connectivity index (χ1) is 13.8. The van der Waals surface area contributed by atoms with Crippen LogP contribution in [0.1, 0.15) is 42.7 Å². The van der Waals surface area contributed by atoms with Gasteiger partial charge in [0.1, 0.15) is 11.7 Å². The van der Waals surface area contributed by atoms with Crippen LogP contribution < -0.4 is 5.32 Å². The van der Waals surface area contributed by atoms with E-state index in [-0.39, 0.29) is 22.8 Å². The van der Waals surface area contributed by atoms with E-state index in [4.69, 9.17) is 16.3 Å². The molecule has 1 heterocycles. The maximum Gasteiger partial charge on any atom is 0.235 e.